The summed E-state index contributed by atoms with van der Waals surface area (Å²) in [6.07, 6.45) is 1.44. The number of benzene rings is 2. The molecule has 0 spiro atoms. The molecule has 28 heavy (non-hydrogen) atoms. The molecule has 1 aliphatic heterocycles. The fraction of sp³-hybridized carbons (Fsp3) is 0.250. The predicted octanol–water partition coefficient (Wildman–Crippen LogP) is 4.04. The van der Waals surface area contributed by atoms with Gasteiger partial charge in [-0.05, 0) is 55.0 Å². The van der Waals surface area contributed by atoms with E-state index in [0.717, 1.165) is 41.9 Å². The van der Waals surface area contributed by atoms with Crippen molar-refractivity contribution in [3.05, 3.63) is 60.0 Å². The second kappa shape index (κ2) is 7.60. The molecule has 0 radical (unpaired) electrons. The molecule has 3 aromatic rings. The van der Waals surface area contributed by atoms with E-state index in [1.165, 1.54) is 12.3 Å². The van der Waals surface area contributed by atoms with Gasteiger partial charge in [-0.15, -0.1) is 0 Å². The molecule has 1 fully saturated rings. The Balaban J connectivity index is 1.66. The van der Waals surface area contributed by atoms with Gasteiger partial charge in [-0.2, -0.15) is 11.8 Å². The fourth-order valence-electron chi connectivity index (χ4n) is 3.33. The standard InChI is InChI=1S/C20H20FN3O2S2/c1-14-13-15(24-9-11-27-12-10-24)4-6-18(14)23-28(25,26)19-7-5-17(21)20-16(19)3-2-8-22-20/h2-8,13,23H,9-12H2,1H3. The Labute approximate surface area is 168 Å². The van der Waals surface area contributed by atoms with Gasteiger partial charge >= 0.3 is 0 Å². The van der Waals surface area contributed by atoms with Crippen molar-refractivity contribution in [3.63, 3.8) is 0 Å². The summed E-state index contributed by atoms with van der Waals surface area (Å²) in [5.41, 5.74) is 2.48. The third kappa shape index (κ3) is 3.66. The summed E-state index contributed by atoms with van der Waals surface area (Å²) in [7, 11) is -3.89. The first-order valence-corrected chi connectivity index (χ1v) is 11.6. The third-order valence-corrected chi connectivity index (χ3v) is 7.17. The summed E-state index contributed by atoms with van der Waals surface area (Å²) in [4.78, 5) is 6.28. The van der Waals surface area contributed by atoms with E-state index in [-0.39, 0.29) is 15.8 Å². The number of halogens is 1. The van der Waals surface area contributed by atoms with Crippen LogP contribution in [0.5, 0.6) is 0 Å². The number of hydrogen-bond donors (Lipinski definition) is 1. The van der Waals surface area contributed by atoms with E-state index in [0.29, 0.717) is 5.69 Å². The monoisotopic (exact) mass is 417 g/mol. The van der Waals surface area contributed by atoms with Gasteiger partial charge in [0.1, 0.15) is 11.3 Å². The molecule has 0 atom stereocenters. The normalized spacial score (nSPS) is 15.0. The minimum atomic E-state index is -3.89. The lowest BCUT2D eigenvalue weighted by molar-refractivity contribution is 0.601. The number of nitrogens with one attached hydrogen (secondary N) is 1. The maximum atomic E-state index is 14.0. The van der Waals surface area contributed by atoms with E-state index in [4.69, 9.17) is 0 Å². The number of pyridine rings is 1. The molecular formula is C20H20FN3O2S2. The van der Waals surface area contributed by atoms with E-state index in [1.807, 2.05) is 30.8 Å². The number of nitrogens with zero attached hydrogens (tertiary/aromatic N) is 2. The highest BCUT2D eigenvalue weighted by Gasteiger charge is 2.21. The molecule has 0 amide bonds. The number of fused-ring (bicyclic) bond motifs is 1. The Morgan fingerprint density at radius 3 is 2.68 bits per heavy atom. The minimum absolute atomic E-state index is 0.00790. The quantitative estimate of drug-likeness (QED) is 0.694. The number of sulfonamides is 1. The van der Waals surface area contributed by atoms with Gasteiger partial charge < -0.3 is 4.90 Å². The van der Waals surface area contributed by atoms with Crippen molar-refractivity contribution >= 4 is 44.1 Å². The fourth-order valence-corrected chi connectivity index (χ4v) is 5.56. The van der Waals surface area contributed by atoms with Gasteiger partial charge in [0.25, 0.3) is 10.0 Å². The largest absolute Gasteiger partial charge is 0.370 e. The number of aromatic nitrogens is 1. The molecule has 0 bridgehead atoms. The van der Waals surface area contributed by atoms with Gasteiger partial charge in [0.05, 0.1) is 10.6 Å². The summed E-state index contributed by atoms with van der Waals surface area (Å²) in [5, 5.41) is 0.259. The molecule has 0 aliphatic carbocycles. The van der Waals surface area contributed by atoms with Gasteiger partial charge in [0.15, 0.2) is 0 Å². The Morgan fingerprint density at radius 2 is 1.93 bits per heavy atom. The molecule has 0 unspecified atom stereocenters. The Hall–Kier alpha value is -2.32. The van der Waals surface area contributed by atoms with Gasteiger partial charge in [0, 0.05) is 41.9 Å². The van der Waals surface area contributed by atoms with Crippen LogP contribution in [0.4, 0.5) is 15.8 Å². The lowest BCUT2D eigenvalue weighted by Crippen LogP contribution is -2.32. The van der Waals surface area contributed by atoms with Crippen LogP contribution in [-0.4, -0.2) is 38.0 Å². The number of aryl methyl sites for hydroxylation is 1. The lowest BCUT2D eigenvalue weighted by atomic mass is 10.1. The van der Waals surface area contributed by atoms with Crippen molar-refractivity contribution in [2.24, 2.45) is 0 Å². The van der Waals surface area contributed by atoms with E-state index in [2.05, 4.69) is 14.6 Å². The molecule has 2 aromatic carbocycles. The topological polar surface area (TPSA) is 62.3 Å². The molecule has 1 N–H and O–H groups in total. The summed E-state index contributed by atoms with van der Waals surface area (Å²) in [5.74, 6) is 1.65. The van der Waals surface area contributed by atoms with Crippen LogP contribution in [0, 0.1) is 12.7 Å². The lowest BCUT2D eigenvalue weighted by Gasteiger charge is -2.29. The molecule has 1 aliphatic rings. The second-order valence-corrected chi connectivity index (χ2v) is 9.52. The van der Waals surface area contributed by atoms with E-state index in [9.17, 15) is 12.8 Å². The number of thioether (sulfide) groups is 1. The van der Waals surface area contributed by atoms with Crippen molar-refractivity contribution in [2.45, 2.75) is 11.8 Å². The Morgan fingerprint density at radius 1 is 1.14 bits per heavy atom. The highest BCUT2D eigenvalue weighted by molar-refractivity contribution is 7.99. The first-order chi connectivity index (χ1) is 13.5. The summed E-state index contributed by atoms with van der Waals surface area (Å²) in [6.45, 7) is 3.86. The van der Waals surface area contributed by atoms with Crippen LogP contribution in [0.3, 0.4) is 0 Å². The minimum Gasteiger partial charge on any atom is -0.370 e. The summed E-state index contributed by atoms with van der Waals surface area (Å²) >= 11 is 1.94. The van der Waals surface area contributed by atoms with Crippen LogP contribution in [0.1, 0.15) is 5.56 Å². The Bertz CT molecular complexity index is 1130. The molecule has 1 aromatic heterocycles. The average molecular weight is 418 g/mol. The van der Waals surface area contributed by atoms with Crippen molar-refractivity contribution in [1.29, 1.82) is 0 Å². The highest BCUT2D eigenvalue weighted by atomic mass is 32.2. The van der Waals surface area contributed by atoms with Crippen molar-refractivity contribution < 1.29 is 12.8 Å². The predicted molar refractivity (Wildman–Crippen MR) is 113 cm³/mol. The smallest absolute Gasteiger partial charge is 0.262 e. The average Bonchev–Trinajstić information content (AvgIpc) is 2.70. The molecule has 2 heterocycles. The van der Waals surface area contributed by atoms with Crippen LogP contribution >= 0.6 is 11.8 Å². The number of anilines is 2. The molecular weight excluding hydrogens is 397 g/mol. The number of hydrogen-bond acceptors (Lipinski definition) is 5. The van der Waals surface area contributed by atoms with Crippen LogP contribution in [0.15, 0.2) is 53.6 Å². The van der Waals surface area contributed by atoms with Gasteiger partial charge in [-0.3, -0.25) is 9.71 Å². The zero-order valence-corrected chi connectivity index (χ0v) is 17.0. The Kier molecular flexibility index (Phi) is 5.16. The SMILES string of the molecule is Cc1cc(N2CCSCC2)ccc1NS(=O)(=O)c1ccc(F)c2ncccc12. The molecule has 5 nitrogen and oxygen atoms in total. The summed E-state index contributed by atoms with van der Waals surface area (Å²) in [6, 6.07) is 11.3. The van der Waals surface area contributed by atoms with Crippen molar-refractivity contribution in [1.82, 2.24) is 4.98 Å². The highest BCUT2D eigenvalue weighted by Crippen LogP contribution is 2.29. The van der Waals surface area contributed by atoms with Crippen LogP contribution in [0.25, 0.3) is 10.9 Å². The molecule has 4 rings (SSSR count). The maximum absolute atomic E-state index is 14.0. The zero-order chi connectivity index (χ0) is 19.7. The first-order valence-electron chi connectivity index (χ1n) is 8.95. The van der Waals surface area contributed by atoms with Gasteiger partial charge in [-0.1, -0.05) is 0 Å². The van der Waals surface area contributed by atoms with E-state index >= 15 is 0 Å². The van der Waals surface area contributed by atoms with Crippen LogP contribution < -0.4 is 9.62 Å². The molecule has 1 saturated heterocycles. The zero-order valence-electron chi connectivity index (χ0n) is 15.4. The van der Waals surface area contributed by atoms with Crippen molar-refractivity contribution in [3.8, 4) is 0 Å². The maximum Gasteiger partial charge on any atom is 0.262 e. The first kappa shape index (κ1) is 19.0. The third-order valence-electron chi connectivity index (χ3n) is 4.80. The van der Waals surface area contributed by atoms with Crippen LogP contribution in [0.2, 0.25) is 0 Å². The summed E-state index contributed by atoms with van der Waals surface area (Å²) < 4.78 is 42.6. The van der Waals surface area contributed by atoms with E-state index < -0.39 is 15.8 Å². The van der Waals surface area contributed by atoms with Gasteiger partial charge in [-0.25, -0.2) is 12.8 Å². The number of rotatable bonds is 4. The van der Waals surface area contributed by atoms with Crippen molar-refractivity contribution in [2.75, 3.05) is 34.2 Å². The molecule has 0 saturated carbocycles. The van der Waals surface area contributed by atoms with Gasteiger partial charge in [0.2, 0.25) is 0 Å². The van der Waals surface area contributed by atoms with E-state index in [1.54, 1.807) is 18.2 Å². The second-order valence-electron chi connectivity index (χ2n) is 6.65. The molecule has 146 valence electrons. The van der Waals surface area contributed by atoms with Crippen LogP contribution in [-0.2, 0) is 10.0 Å². The molecule has 8 heteroatoms.